The van der Waals surface area contributed by atoms with Gasteiger partial charge in [-0.2, -0.15) is 5.10 Å². The van der Waals surface area contributed by atoms with E-state index in [1.165, 1.54) is 13.8 Å². The van der Waals surface area contributed by atoms with Crippen LogP contribution in [0.1, 0.15) is 49.1 Å². The van der Waals surface area contributed by atoms with Crippen LogP contribution in [0.3, 0.4) is 0 Å². The van der Waals surface area contributed by atoms with E-state index in [2.05, 4.69) is 10.2 Å². The third-order valence-corrected chi connectivity index (χ3v) is 5.76. The number of nitrogens with zero attached hydrogens (tertiary/aromatic N) is 2. The van der Waals surface area contributed by atoms with E-state index in [1.807, 2.05) is 19.1 Å². The number of aromatic nitrogens is 2. The molecule has 0 radical (unpaired) electrons. The SMILES string of the molecule is C[C@@H]1Cc2cc3[nH]ncc3cc2[C@@H](c2c(F)cc(/C=C/C(=O)O)cc2F)N1CC(C)(C)F. The van der Waals surface area contributed by atoms with E-state index in [0.717, 1.165) is 40.8 Å². The van der Waals surface area contributed by atoms with Crippen molar-refractivity contribution in [2.24, 2.45) is 0 Å². The highest BCUT2D eigenvalue weighted by Crippen LogP contribution is 2.42. The lowest BCUT2D eigenvalue weighted by Crippen LogP contribution is -2.48. The van der Waals surface area contributed by atoms with E-state index in [-0.39, 0.29) is 23.7 Å². The molecule has 3 aromatic rings. The number of carboxylic acid groups (broad SMARTS) is 1. The zero-order valence-electron chi connectivity index (χ0n) is 18.0. The molecule has 1 aromatic heterocycles. The molecule has 2 atom stereocenters. The van der Waals surface area contributed by atoms with Crippen LogP contribution >= 0.6 is 0 Å². The summed E-state index contributed by atoms with van der Waals surface area (Å²) in [5.74, 6) is -2.84. The van der Waals surface area contributed by atoms with Crippen LogP contribution in [-0.2, 0) is 11.2 Å². The van der Waals surface area contributed by atoms with Gasteiger partial charge in [0.2, 0.25) is 0 Å². The van der Waals surface area contributed by atoms with Gasteiger partial charge in [-0.3, -0.25) is 10.00 Å². The molecule has 8 heteroatoms. The maximum atomic E-state index is 15.3. The number of H-pyrrole nitrogens is 1. The number of rotatable bonds is 5. The molecule has 0 spiro atoms. The number of carbonyl (C=O) groups is 1. The average Bonchev–Trinajstić information content (AvgIpc) is 3.13. The molecule has 0 bridgehead atoms. The molecule has 2 heterocycles. The maximum Gasteiger partial charge on any atom is 0.328 e. The Morgan fingerprint density at radius 3 is 2.59 bits per heavy atom. The molecule has 0 aliphatic carbocycles. The second kappa shape index (κ2) is 8.09. The van der Waals surface area contributed by atoms with Gasteiger partial charge < -0.3 is 5.11 Å². The van der Waals surface area contributed by atoms with Crippen LogP contribution in [0.4, 0.5) is 13.2 Å². The van der Waals surface area contributed by atoms with Crippen molar-refractivity contribution in [3.05, 3.63) is 70.4 Å². The Balaban J connectivity index is 1.91. The van der Waals surface area contributed by atoms with Crippen LogP contribution in [0, 0.1) is 11.6 Å². The minimum absolute atomic E-state index is 0.0127. The van der Waals surface area contributed by atoms with Crippen LogP contribution in [0.25, 0.3) is 17.0 Å². The van der Waals surface area contributed by atoms with E-state index in [9.17, 15) is 9.18 Å². The lowest BCUT2D eigenvalue weighted by atomic mass is 9.83. The van der Waals surface area contributed by atoms with E-state index in [0.29, 0.717) is 12.0 Å². The molecule has 5 nitrogen and oxygen atoms in total. The Morgan fingerprint density at radius 2 is 1.97 bits per heavy atom. The zero-order valence-corrected chi connectivity index (χ0v) is 18.0. The van der Waals surface area contributed by atoms with E-state index < -0.39 is 29.3 Å². The first-order chi connectivity index (χ1) is 15.0. The van der Waals surface area contributed by atoms with Crippen molar-refractivity contribution in [3.8, 4) is 0 Å². The first-order valence-corrected chi connectivity index (χ1v) is 10.3. The Hall–Kier alpha value is -3.13. The first-order valence-electron chi connectivity index (χ1n) is 10.3. The summed E-state index contributed by atoms with van der Waals surface area (Å²) in [5, 5.41) is 16.6. The van der Waals surface area contributed by atoms with Crippen LogP contribution < -0.4 is 0 Å². The van der Waals surface area contributed by atoms with Gasteiger partial charge in [0, 0.05) is 29.6 Å². The fraction of sp³-hybridized carbons (Fsp3) is 0.333. The van der Waals surface area contributed by atoms with Crippen LogP contribution in [-0.4, -0.2) is 44.4 Å². The van der Waals surface area contributed by atoms with Crippen molar-refractivity contribution in [3.63, 3.8) is 0 Å². The van der Waals surface area contributed by atoms with Gasteiger partial charge in [0.25, 0.3) is 0 Å². The van der Waals surface area contributed by atoms with Crippen LogP contribution in [0.5, 0.6) is 0 Å². The van der Waals surface area contributed by atoms with Gasteiger partial charge in [-0.05, 0) is 74.2 Å². The average molecular weight is 443 g/mol. The van der Waals surface area contributed by atoms with Crippen molar-refractivity contribution in [2.75, 3.05) is 6.54 Å². The Bertz CT molecular complexity index is 1190. The van der Waals surface area contributed by atoms with Crippen molar-refractivity contribution >= 4 is 22.9 Å². The number of aliphatic carboxylic acids is 1. The summed E-state index contributed by atoms with van der Waals surface area (Å²) in [6.07, 6.45) is 4.19. The third-order valence-electron chi connectivity index (χ3n) is 5.76. The lowest BCUT2D eigenvalue weighted by Gasteiger charge is -2.44. The van der Waals surface area contributed by atoms with Crippen molar-refractivity contribution < 1.29 is 23.1 Å². The number of benzene rings is 2. The summed E-state index contributed by atoms with van der Waals surface area (Å²) in [6, 6.07) is 4.96. The number of fused-ring (bicyclic) bond motifs is 2. The fourth-order valence-corrected chi connectivity index (χ4v) is 4.49. The molecule has 0 fully saturated rings. The summed E-state index contributed by atoms with van der Waals surface area (Å²) < 4.78 is 45.4. The molecule has 4 rings (SSSR count). The minimum Gasteiger partial charge on any atom is -0.478 e. The topological polar surface area (TPSA) is 69.2 Å². The molecule has 2 aromatic carbocycles. The molecule has 0 saturated carbocycles. The van der Waals surface area contributed by atoms with Crippen molar-refractivity contribution in [1.82, 2.24) is 15.1 Å². The largest absolute Gasteiger partial charge is 0.478 e. The number of carboxylic acids is 1. The number of hydrogen-bond acceptors (Lipinski definition) is 3. The molecule has 0 amide bonds. The Morgan fingerprint density at radius 1 is 1.28 bits per heavy atom. The summed E-state index contributed by atoms with van der Waals surface area (Å²) >= 11 is 0. The quantitative estimate of drug-likeness (QED) is 0.543. The first kappa shape index (κ1) is 22.1. The monoisotopic (exact) mass is 443 g/mol. The van der Waals surface area contributed by atoms with Gasteiger partial charge in [-0.15, -0.1) is 0 Å². The number of alkyl halides is 1. The smallest absolute Gasteiger partial charge is 0.328 e. The summed E-state index contributed by atoms with van der Waals surface area (Å²) in [5.41, 5.74) is 0.772. The fourth-order valence-electron chi connectivity index (χ4n) is 4.49. The highest BCUT2D eigenvalue weighted by atomic mass is 19.1. The molecule has 1 aliphatic rings. The third kappa shape index (κ3) is 4.27. The normalized spacial score (nSPS) is 19.6. The highest BCUT2D eigenvalue weighted by molar-refractivity contribution is 5.85. The van der Waals surface area contributed by atoms with Gasteiger partial charge in [0.05, 0.1) is 17.8 Å². The van der Waals surface area contributed by atoms with Crippen LogP contribution in [0.15, 0.2) is 36.5 Å². The Kier molecular flexibility index (Phi) is 5.58. The summed E-state index contributed by atoms with van der Waals surface area (Å²) in [4.78, 5) is 12.6. The number of aromatic amines is 1. The van der Waals surface area contributed by atoms with Gasteiger partial charge in [0.1, 0.15) is 17.3 Å². The molecule has 32 heavy (non-hydrogen) atoms. The van der Waals surface area contributed by atoms with Crippen molar-refractivity contribution in [2.45, 2.75) is 44.9 Å². The molecule has 0 saturated heterocycles. The van der Waals surface area contributed by atoms with Gasteiger partial charge in [-0.25, -0.2) is 18.0 Å². The molecule has 168 valence electrons. The number of nitrogens with one attached hydrogen (secondary N) is 1. The number of hydrogen-bond donors (Lipinski definition) is 2. The second-order valence-electron chi connectivity index (χ2n) is 8.92. The molecule has 1 aliphatic heterocycles. The standard InChI is InChI=1S/C24H24F3N3O2/c1-13-6-15-10-20-16(11-28-29-20)9-17(15)23(30(13)12-24(2,3)27)22-18(25)7-14(8-19(22)26)4-5-21(31)32/h4-5,7-11,13,23H,6,12H2,1-3H3,(H,28,29)(H,31,32)/b5-4+/t13-,23+/m1/s1. The molecular weight excluding hydrogens is 419 g/mol. The summed E-state index contributed by atoms with van der Waals surface area (Å²) in [7, 11) is 0. The van der Waals surface area contributed by atoms with Crippen molar-refractivity contribution in [1.29, 1.82) is 0 Å². The van der Waals surface area contributed by atoms with E-state index in [4.69, 9.17) is 5.11 Å². The maximum absolute atomic E-state index is 15.3. The van der Waals surface area contributed by atoms with Gasteiger partial charge in [-0.1, -0.05) is 0 Å². The number of halogens is 3. The molecule has 2 N–H and O–H groups in total. The lowest BCUT2D eigenvalue weighted by molar-refractivity contribution is -0.131. The van der Waals surface area contributed by atoms with Crippen LogP contribution in [0.2, 0.25) is 0 Å². The minimum atomic E-state index is -1.58. The Labute approximate surface area is 183 Å². The van der Waals surface area contributed by atoms with Gasteiger partial charge in [0.15, 0.2) is 0 Å². The zero-order chi connectivity index (χ0) is 23.2. The predicted octanol–water partition coefficient (Wildman–Crippen LogP) is 5.02. The summed E-state index contributed by atoms with van der Waals surface area (Å²) in [6.45, 7) is 4.79. The van der Waals surface area contributed by atoms with E-state index in [1.54, 1.807) is 11.1 Å². The van der Waals surface area contributed by atoms with E-state index >= 15 is 8.78 Å². The molecular formula is C24H24F3N3O2. The van der Waals surface area contributed by atoms with Gasteiger partial charge >= 0.3 is 5.97 Å². The predicted molar refractivity (Wildman–Crippen MR) is 116 cm³/mol. The molecule has 0 unspecified atom stereocenters. The second-order valence-corrected chi connectivity index (χ2v) is 8.92. The highest BCUT2D eigenvalue weighted by Gasteiger charge is 2.39.